The fourth-order valence-corrected chi connectivity index (χ4v) is 3.75. The van der Waals surface area contributed by atoms with Crippen LogP contribution in [0.1, 0.15) is 50.4 Å². The quantitative estimate of drug-likeness (QED) is 0.943. The molecule has 4 rings (SSSR count). The van der Waals surface area contributed by atoms with E-state index in [4.69, 9.17) is 9.72 Å². The van der Waals surface area contributed by atoms with Gasteiger partial charge >= 0.3 is 0 Å². The Hall–Kier alpha value is -1.69. The summed E-state index contributed by atoms with van der Waals surface area (Å²) in [6.45, 7) is 1.47. The van der Waals surface area contributed by atoms with E-state index in [1.807, 2.05) is 4.68 Å². The molecule has 0 spiro atoms. The third-order valence-electron chi connectivity index (χ3n) is 4.95. The number of hydrogen-bond acceptors (Lipinski definition) is 4. The summed E-state index contributed by atoms with van der Waals surface area (Å²) in [5.74, 6) is 1.47. The molecule has 6 nitrogen and oxygen atoms in total. The second-order valence-electron chi connectivity index (χ2n) is 6.56. The Bertz CT molecular complexity index is 708. The molecule has 1 saturated heterocycles. The molecule has 1 unspecified atom stereocenters. The number of rotatable bonds is 3. The van der Waals surface area contributed by atoms with Gasteiger partial charge in [-0.05, 0) is 18.8 Å². The maximum atomic E-state index is 12.3. The summed E-state index contributed by atoms with van der Waals surface area (Å²) in [7, 11) is 0. The van der Waals surface area contributed by atoms with Crippen molar-refractivity contribution in [1.82, 2.24) is 19.7 Å². The molecule has 1 atom stereocenters. The topological polar surface area (TPSA) is 72.8 Å². The van der Waals surface area contributed by atoms with E-state index >= 15 is 0 Å². The number of H-pyrrole nitrogens is 1. The maximum Gasteiger partial charge on any atom is 0.262 e. The van der Waals surface area contributed by atoms with Gasteiger partial charge in [0.25, 0.3) is 5.56 Å². The summed E-state index contributed by atoms with van der Waals surface area (Å²) < 4.78 is 7.44. The van der Waals surface area contributed by atoms with Gasteiger partial charge in [0.15, 0.2) is 5.65 Å². The highest BCUT2D eigenvalue weighted by Crippen LogP contribution is 2.27. The number of aromatic amines is 1. The average molecular weight is 302 g/mol. The molecule has 1 aliphatic heterocycles. The van der Waals surface area contributed by atoms with Crippen LogP contribution in [0.2, 0.25) is 0 Å². The van der Waals surface area contributed by atoms with Gasteiger partial charge in [0, 0.05) is 13.0 Å². The Morgan fingerprint density at radius 1 is 1.27 bits per heavy atom. The molecule has 0 bridgehead atoms. The zero-order chi connectivity index (χ0) is 14.9. The Morgan fingerprint density at radius 2 is 2.14 bits per heavy atom. The molecule has 1 aliphatic carbocycles. The van der Waals surface area contributed by atoms with Crippen LogP contribution >= 0.6 is 0 Å². The molecule has 1 saturated carbocycles. The summed E-state index contributed by atoms with van der Waals surface area (Å²) in [5, 5.41) is 4.99. The molecule has 2 fully saturated rings. The first-order valence-electron chi connectivity index (χ1n) is 8.35. The Morgan fingerprint density at radius 3 is 2.91 bits per heavy atom. The smallest absolute Gasteiger partial charge is 0.262 e. The molecule has 22 heavy (non-hydrogen) atoms. The zero-order valence-electron chi connectivity index (χ0n) is 12.8. The molecule has 118 valence electrons. The van der Waals surface area contributed by atoms with E-state index < -0.39 is 0 Å². The molecular formula is C16H22N4O2. The van der Waals surface area contributed by atoms with Crippen molar-refractivity contribution in [3.63, 3.8) is 0 Å². The number of nitrogens with zero attached hydrogens (tertiary/aromatic N) is 3. The van der Waals surface area contributed by atoms with Crippen molar-refractivity contribution in [3.05, 3.63) is 22.4 Å². The summed E-state index contributed by atoms with van der Waals surface area (Å²) in [5.41, 5.74) is 0.647. The molecule has 6 heteroatoms. The monoisotopic (exact) mass is 302 g/mol. The zero-order valence-corrected chi connectivity index (χ0v) is 12.8. The standard InChI is InChI=1S/C16H22N4O2/c21-16-13-9-17-20(12-6-3-7-22-10-12)15(13)18-14(19-16)8-11-4-1-2-5-11/h9,11-12H,1-8,10H2,(H,18,19,21). The lowest BCUT2D eigenvalue weighted by atomic mass is 10.0. The number of nitrogens with one attached hydrogen (secondary N) is 1. The van der Waals surface area contributed by atoms with Crippen LogP contribution in [-0.4, -0.2) is 33.0 Å². The van der Waals surface area contributed by atoms with Gasteiger partial charge in [0.1, 0.15) is 11.2 Å². The van der Waals surface area contributed by atoms with E-state index in [-0.39, 0.29) is 11.6 Å². The summed E-state index contributed by atoms with van der Waals surface area (Å²) in [6.07, 6.45) is 9.66. The largest absolute Gasteiger partial charge is 0.379 e. The predicted molar refractivity (Wildman–Crippen MR) is 82.9 cm³/mol. The number of hydrogen-bond donors (Lipinski definition) is 1. The molecule has 2 aromatic heterocycles. The highest BCUT2D eigenvalue weighted by atomic mass is 16.5. The van der Waals surface area contributed by atoms with Crippen LogP contribution < -0.4 is 5.56 Å². The highest BCUT2D eigenvalue weighted by Gasteiger charge is 2.22. The van der Waals surface area contributed by atoms with E-state index in [1.165, 1.54) is 25.7 Å². The predicted octanol–water partition coefficient (Wildman–Crippen LogP) is 2.20. The van der Waals surface area contributed by atoms with Crippen LogP contribution in [0.5, 0.6) is 0 Å². The summed E-state index contributed by atoms with van der Waals surface area (Å²) in [6, 6.07) is 0.194. The van der Waals surface area contributed by atoms with Gasteiger partial charge in [-0.25, -0.2) is 9.67 Å². The Kier molecular flexibility index (Phi) is 3.70. The van der Waals surface area contributed by atoms with Gasteiger partial charge in [-0.1, -0.05) is 25.7 Å². The molecule has 0 amide bonds. The minimum atomic E-state index is -0.0685. The van der Waals surface area contributed by atoms with Crippen LogP contribution in [0.15, 0.2) is 11.0 Å². The normalized spacial score (nSPS) is 23.4. The molecule has 1 N–H and O–H groups in total. The van der Waals surface area contributed by atoms with E-state index in [9.17, 15) is 4.79 Å². The fraction of sp³-hybridized carbons (Fsp3) is 0.688. The number of fused-ring (bicyclic) bond motifs is 1. The van der Waals surface area contributed by atoms with Gasteiger partial charge in [-0.3, -0.25) is 4.79 Å². The van der Waals surface area contributed by atoms with Gasteiger partial charge in [0.05, 0.1) is 18.8 Å². The molecule has 0 radical (unpaired) electrons. The minimum absolute atomic E-state index is 0.0685. The molecule has 2 aliphatic rings. The van der Waals surface area contributed by atoms with Crippen molar-refractivity contribution in [2.45, 2.75) is 51.0 Å². The lowest BCUT2D eigenvalue weighted by Crippen LogP contribution is -2.23. The van der Waals surface area contributed by atoms with E-state index in [0.717, 1.165) is 31.7 Å². The summed E-state index contributed by atoms with van der Waals surface area (Å²) >= 11 is 0. The lowest BCUT2D eigenvalue weighted by molar-refractivity contribution is 0.0563. The van der Waals surface area contributed by atoms with E-state index in [2.05, 4.69) is 10.1 Å². The summed E-state index contributed by atoms with van der Waals surface area (Å²) in [4.78, 5) is 20.0. The minimum Gasteiger partial charge on any atom is -0.379 e. The van der Waals surface area contributed by atoms with E-state index in [1.54, 1.807) is 6.20 Å². The van der Waals surface area contributed by atoms with Gasteiger partial charge in [-0.2, -0.15) is 5.10 Å². The lowest BCUT2D eigenvalue weighted by Gasteiger charge is -2.22. The second-order valence-corrected chi connectivity index (χ2v) is 6.56. The first-order valence-corrected chi connectivity index (χ1v) is 8.35. The Balaban J connectivity index is 1.69. The molecular weight excluding hydrogens is 280 g/mol. The van der Waals surface area contributed by atoms with E-state index in [0.29, 0.717) is 23.6 Å². The first kappa shape index (κ1) is 13.9. The van der Waals surface area contributed by atoms with Crippen molar-refractivity contribution < 1.29 is 4.74 Å². The third kappa shape index (κ3) is 2.56. The maximum absolute atomic E-state index is 12.3. The molecule has 3 heterocycles. The average Bonchev–Trinajstić information content (AvgIpc) is 3.18. The van der Waals surface area contributed by atoms with Gasteiger partial charge in [0.2, 0.25) is 0 Å². The van der Waals surface area contributed by atoms with Crippen LogP contribution in [0.25, 0.3) is 11.0 Å². The first-order chi connectivity index (χ1) is 10.8. The van der Waals surface area contributed by atoms with Crippen molar-refractivity contribution in [3.8, 4) is 0 Å². The van der Waals surface area contributed by atoms with Crippen molar-refractivity contribution in [2.24, 2.45) is 5.92 Å². The molecule has 0 aromatic carbocycles. The van der Waals surface area contributed by atoms with Crippen molar-refractivity contribution in [2.75, 3.05) is 13.2 Å². The Labute approximate surface area is 128 Å². The molecule has 2 aromatic rings. The fourth-order valence-electron chi connectivity index (χ4n) is 3.75. The van der Waals surface area contributed by atoms with Crippen LogP contribution in [0.4, 0.5) is 0 Å². The van der Waals surface area contributed by atoms with Gasteiger partial charge < -0.3 is 9.72 Å². The van der Waals surface area contributed by atoms with Crippen molar-refractivity contribution in [1.29, 1.82) is 0 Å². The van der Waals surface area contributed by atoms with Gasteiger partial charge in [-0.15, -0.1) is 0 Å². The highest BCUT2D eigenvalue weighted by molar-refractivity contribution is 5.73. The SMILES string of the molecule is O=c1[nH]c(CC2CCCC2)nc2c1cnn2C1CCCOC1. The van der Waals surface area contributed by atoms with Crippen LogP contribution in [-0.2, 0) is 11.2 Å². The third-order valence-corrected chi connectivity index (χ3v) is 4.95. The number of aromatic nitrogens is 4. The second kappa shape index (κ2) is 5.83. The van der Waals surface area contributed by atoms with Crippen LogP contribution in [0, 0.1) is 5.92 Å². The van der Waals surface area contributed by atoms with Crippen molar-refractivity contribution >= 4 is 11.0 Å². The van der Waals surface area contributed by atoms with Crippen LogP contribution in [0.3, 0.4) is 0 Å². The number of ether oxygens (including phenoxy) is 1.